The number of anilines is 2. The second-order valence-electron chi connectivity index (χ2n) is 8.04. The van der Waals surface area contributed by atoms with Crippen LogP contribution < -0.4 is 5.32 Å². The fourth-order valence-corrected chi connectivity index (χ4v) is 4.78. The minimum Gasteiger partial charge on any atom is -0.375 e. The van der Waals surface area contributed by atoms with Crippen molar-refractivity contribution in [1.82, 2.24) is 29.7 Å². The molecule has 1 aliphatic heterocycles. The quantitative estimate of drug-likeness (QED) is 0.435. The molecule has 9 nitrogen and oxygen atoms in total. The Morgan fingerprint density at radius 1 is 1.06 bits per heavy atom. The molecular weight excluding hydrogens is 450 g/mol. The maximum Gasteiger partial charge on any atom is 0.248 e. The van der Waals surface area contributed by atoms with Crippen LogP contribution in [0, 0.1) is 0 Å². The van der Waals surface area contributed by atoms with Crippen molar-refractivity contribution >= 4 is 38.5 Å². The molecular formula is C24H25N7O2S. The third-order valence-corrected chi connectivity index (χ3v) is 6.57. The highest BCUT2D eigenvalue weighted by molar-refractivity contribution is 7.21. The first-order chi connectivity index (χ1) is 16.7. The van der Waals surface area contributed by atoms with Crippen LogP contribution in [0.5, 0.6) is 0 Å². The Labute approximate surface area is 201 Å². The molecule has 0 radical (unpaired) electrons. The number of nitrogens with one attached hydrogen (secondary N) is 1. The van der Waals surface area contributed by atoms with E-state index in [4.69, 9.17) is 9.72 Å². The van der Waals surface area contributed by atoms with E-state index in [2.05, 4.69) is 25.2 Å². The maximum atomic E-state index is 12.0. The van der Waals surface area contributed by atoms with Crippen LogP contribution >= 0.6 is 11.3 Å². The van der Waals surface area contributed by atoms with Gasteiger partial charge in [0, 0.05) is 64.0 Å². The second-order valence-corrected chi connectivity index (χ2v) is 9.02. The molecule has 34 heavy (non-hydrogen) atoms. The van der Waals surface area contributed by atoms with Crippen molar-refractivity contribution in [2.24, 2.45) is 0 Å². The smallest absolute Gasteiger partial charge is 0.248 e. The van der Waals surface area contributed by atoms with Gasteiger partial charge in [0.1, 0.15) is 22.8 Å². The summed E-state index contributed by atoms with van der Waals surface area (Å²) in [6.45, 7) is 4.07. The molecule has 0 atom stereocenters. The highest BCUT2D eigenvalue weighted by Crippen LogP contribution is 2.29. The predicted octanol–water partition coefficient (Wildman–Crippen LogP) is 3.18. The fraction of sp³-hybridized carbons (Fsp3) is 0.292. The van der Waals surface area contributed by atoms with Gasteiger partial charge in [0.05, 0.1) is 5.69 Å². The lowest BCUT2D eigenvalue weighted by Crippen LogP contribution is -2.49. The first-order valence-corrected chi connectivity index (χ1v) is 11.9. The third kappa shape index (κ3) is 5.19. The van der Waals surface area contributed by atoms with E-state index in [-0.39, 0.29) is 12.5 Å². The van der Waals surface area contributed by atoms with Crippen molar-refractivity contribution in [2.45, 2.75) is 6.54 Å². The Bertz CT molecular complexity index is 1270. The van der Waals surface area contributed by atoms with Crippen LogP contribution in [0.15, 0.2) is 55.0 Å². The minimum absolute atomic E-state index is 0.0516. The lowest BCUT2D eigenvalue weighted by Gasteiger charge is -2.34. The molecule has 1 aliphatic rings. The molecule has 0 spiro atoms. The summed E-state index contributed by atoms with van der Waals surface area (Å²) in [6, 6.07) is 11.9. The summed E-state index contributed by atoms with van der Waals surface area (Å²) in [5.41, 5.74) is 3.93. The third-order valence-electron chi connectivity index (χ3n) is 5.69. The van der Waals surface area contributed by atoms with Crippen molar-refractivity contribution in [1.29, 1.82) is 0 Å². The highest BCUT2D eigenvalue weighted by Gasteiger charge is 2.21. The van der Waals surface area contributed by atoms with E-state index in [1.807, 2.05) is 47.5 Å². The van der Waals surface area contributed by atoms with E-state index >= 15 is 0 Å². The molecule has 5 rings (SSSR count). The van der Waals surface area contributed by atoms with Gasteiger partial charge in [-0.05, 0) is 42.0 Å². The average molecular weight is 476 g/mol. The van der Waals surface area contributed by atoms with E-state index in [0.717, 1.165) is 70.8 Å². The molecule has 1 fully saturated rings. The van der Waals surface area contributed by atoms with Gasteiger partial charge in [-0.1, -0.05) is 11.3 Å². The van der Waals surface area contributed by atoms with E-state index in [1.54, 1.807) is 19.5 Å². The van der Waals surface area contributed by atoms with Gasteiger partial charge in [0.2, 0.25) is 5.91 Å². The average Bonchev–Trinajstić information content (AvgIpc) is 3.27. The van der Waals surface area contributed by atoms with E-state index < -0.39 is 0 Å². The maximum absolute atomic E-state index is 12.0. The number of amides is 1. The number of fused-ring (bicyclic) bond motifs is 1. The summed E-state index contributed by atoms with van der Waals surface area (Å²) >= 11 is 1.50. The van der Waals surface area contributed by atoms with Crippen molar-refractivity contribution in [3.63, 3.8) is 0 Å². The summed E-state index contributed by atoms with van der Waals surface area (Å²) in [5, 5.41) is 4.08. The molecule has 174 valence electrons. The van der Waals surface area contributed by atoms with Crippen molar-refractivity contribution < 1.29 is 9.53 Å². The number of aromatic nitrogens is 4. The van der Waals surface area contributed by atoms with Gasteiger partial charge in [-0.15, -0.1) is 0 Å². The van der Waals surface area contributed by atoms with Crippen LogP contribution in [-0.4, -0.2) is 75.5 Å². The molecule has 0 aliphatic carbocycles. The number of nitrogens with zero attached hydrogens (tertiary/aromatic N) is 6. The van der Waals surface area contributed by atoms with Gasteiger partial charge in [0.25, 0.3) is 0 Å². The summed E-state index contributed by atoms with van der Waals surface area (Å²) in [5.74, 6) is 0.801. The zero-order valence-corrected chi connectivity index (χ0v) is 19.7. The molecule has 0 unspecified atom stereocenters. The number of rotatable bonds is 7. The van der Waals surface area contributed by atoms with Gasteiger partial charge in [0.15, 0.2) is 5.13 Å². The summed E-state index contributed by atoms with van der Waals surface area (Å²) in [6.07, 6.45) is 5.34. The zero-order chi connectivity index (χ0) is 23.3. The van der Waals surface area contributed by atoms with Crippen LogP contribution in [0.3, 0.4) is 0 Å². The number of ether oxygens (including phenoxy) is 1. The largest absolute Gasteiger partial charge is 0.375 e. The van der Waals surface area contributed by atoms with E-state index in [1.165, 1.54) is 11.3 Å². The Morgan fingerprint density at radius 2 is 1.88 bits per heavy atom. The monoisotopic (exact) mass is 475 g/mol. The molecule has 0 bridgehead atoms. The van der Waals surface area contributed by atoms with Crippen LogP contribution in [-0.2, 0) is 16.1 Å². The number of hydrogen-bond acceptors (Lipinski definition) is 9. The van der Waals surface area contributed by atoms with Gasteiger partial charge >= 0.3 is 0 Å². The number of pyridine rings is 3. The van der Waals surface area contributed by atoms with Crippen molar-refractivity contribution in [3.8, 4) is 11.3 Å². The molecule has 1 amide bonds. The Morgan fingerprint density at radius 3 is 2.68 bits per heavy atom. The molecule has 1 saturated heterocycles. The topological polar surface area (TPSA) is 96.4 Å². The van der Waals surface area contributed by atoms with E-state index in [0.29, 0.717) is 0 Å². The number of methoxy groups -OCH3 is 1. The zero-order valence-electron chi connectivity index (χ0n) is 18.8. The summed E-state index contributed by atoms with van der Waals surface area (Å²) in [7, 11) is 1.55. The molecule has 0 aromatic carbocycles. The lowest BCUT2D eigenvalue weighted by molar-refractivity contribution is -0.136. The molecule has 0 saturated carbocycles. The first-order valence-electron chi connectivity index (χ1n) is 11.1. The normalized spacial score (nSPS) is 14.4. The highest BCUT2D eigenvalue weighted by atomic mass is 32.1. The predicted molar refractivity (Wildman–Crippen MR) is 132 cm³/mol. The van der Waals surface area contributed by atoms with E-state index in [9.17, 15) is 4.79 Å². The Balaban J connectivity index is 1.23. The first kappa shape index (κ1) is 22.3. The number of hydrogen-bond donors (Lipinski definition) is 1. The van der Waals surface area contributed by atoms with Crippen molar-refractivity contribution in [2.75, 3.05) is 45.2 Å². The molecule has 10 heteroatoms. The second kappa shape index (κ2) is 10.2. The van der Waals surface area contributed by atoms with Crippen LogP contribution in [0.2, 0.25) is 0 Å². The van der Waals surface area contributed by atoms with Crippen LogP contribution in [0.4, 0.5) is 10.9 Å². The minimum atomic E-state index is 0.0516. The molecule has 4 aromatic heterocycles. The lowest BCUT2D eigenvalue weighted by atomic mass is 10.2. The Hall–Kier alpha value is -3.47. The summed E-state index contributed by atoms with van der Waals surface area (Å²) < 4.78 is 4.96. The van der Waals surface area contributed by atoms with Gasteiger partial charge in [-0.25, -0.2) is 15.0 Å². The number of piperazine rings is 1. The van der Waals surface area contributed by atoms with Crippen molar-refractivity contribution in [3.05, 3.63) is 60.6 Å². The van der Waals surface area contributed by atoms with Gasteiger partial charge in [-0.2, -0.15) is 0 Å². The molecule has 5 heterocycles. The number of carbonyl (C=O) groups is 1. The summed E-state index contributed by atoms with van der Waals surface area (Å²) in [4.78, 5) is 35.0. The fourth-order valence-electron chi connectivity index (χ4n) is 3.93. The number of carbonyl (C=O) groups excluding carboxylic acids is 1. The molecule has 4 aromatic rings. The standard InChI is InChI=1S/C24H25N7O2S/c1-33-16-22(32)31-12-10-30(11-13-31)15-17-4-9-26-21(14-17)29-24-28-20-3-2-19(27-23(20)34-24)18-5-7-25-8-6-18/h2-9,14H,10-13,15-16H2,1H3,(H,26,28,29). The number of thiazole rings is 1. The Kier molecular flexibility index (Phi) is 6.70. The SMILES string of the molecule is COCC(=O)N1CCN(Cc2ccnc(Nc3nc4ccc(-c5ccncc5)nc4s3)c2)CC1. The van der Waals surface area contributed by atoms with Crippen LogP contribution in [0.25, 0.3) is 21.6 Å². The van der Waals surface area contributed by atoms with Gasteiger partial charge in [-0.3, -0.25) is 14.7 Å². The molecule has 1 N–H and O–H groups in total. The van der Waals surface area contributed by atoms with Gasteiger partial charge < -0.3 is 15.0 Å². The van der Waals surface area contributed by atoms with Crippen LogP contribution in [0.1, 0.15) is 5.56 Å².